The van der Waals surface area contributed by atoms with Crippen LogP contribution in [0.2, 0.25) is 0 Å². The fourth-order valence-corrected chi connectivity index (χ4v) is 4.01. The number of halogens is 1. The second kappa shape index (κ2) is 11.4. The highest BCUT2D eigenvalue weighted by atomic mass is 127. The van der Waals surface area contributed by atoms with Gasteiger partial charge in [-0.05, 0) is 74.2 Å². The maximum Gasteiger partial charge on any atom is 0.193 e. The zero-order valence-corrected chi connectivity index (χ0v) is 19.9. The molecule has 0 spiro atoms. The van der Waals surface area contributed by atoms with Crippen molar-refractivity contribution in [1.82, 2.24) is 4.90 Å². The molecule has 1 fully saturated rings. The van der Waals surface area contributed by atoms with Crippen molar-refractivity contribution in [2.45, 2.75) is 32.2 Å². The van der Waals surface area contributed by atoms with Gasteiger partial charge in [-0.15, -0.1) is 24.0 Å². The Kier molecular flexibility index (Phi) is 9.23. The molecule has 2 atom stereocenters. The largest absolute Gasteiger partial charge is 0.497 e. The lowest BCUT2D eigenvalue weighted by molar-refractivity contribution is 0.125. The van der Waals surface area contributed by atoms with E-state index in [1.165, 1.54) is 17.5 Å². The predicted octanol–water partition coefficient (Wildman–Crippen LogP) is 4.69. The molecule has 2 unspecified atom stereocenters. The number of guanidine groups is 1. The van der Waals surface area contributed by atoms with Crippen molar-refractivity contribution in [2.75, 3.05) is 32.6 Å². The van der Waals surface area contributed by atoms with Crippen LogP contribution in [0.1, 0.15) is 36.9 Å². The van der Waals surface area contributed by atoms with Crippen LogP contribution in [-0.4, -0.2) is 38.1 Å². The first-order valence-corrected chi connectivity index (χ1v) is 10.1. The highest BCUT2D eigenvalue weighted by Gasteiger charge is 2.30. The van der Waals surface area contributed by atoms with E-state index in [1.807, 2.05) is 12.1 Å². The number of nitrogens with two attached hydrogens (primary N) is 1. The summed E-state index contributed by atoms with van der Waals surface area (Å²) in [4.78, 5) is 7.09. The zero-order valence-electron chi connectivity index (χ0n) is 17.6. The first-order chi connectivity index (χ1) is 13.6. The molecule has 0 bridgehead atoms. The van der Waals surface area contributed by atoms with E-state index in [4.69, 9.17) is 10.5 Å². The molecule has 1 heterocycles. The second-order valence-corrected chi connectivity index (χ2v) is 7.50. The lowest BCUT2D eigenvalue weighted by Crippen LogP contribution is -2.38. The molecule has 0 aliphatic carbocycles. The number of likely N-dealkylation sites (tertiary alicyclic amines) is 1. The Balaban J connectivity index is 0.00000300. The average molecular weight is 508 g/mol. The minimum absolute atomic E-state index is 0. The smallest absolute Gasteiger partial charge is 0.193 e. The summed E-state index contributed by atoms with van der Waals surface area (Å²) in [5.41, 5.74) is 9.76. The number of rotatable bonds is 6. The quantitative estimate of drug-likeness (QED) is 0.338. The highest BCUT2D eigenvalue weighted by molar-refractivity contribution is 14.0. The van der Waals surface area contributed by atoms with Crippen molar-refractivity contribution in [1.29, 1.82) is 0 Å². The number of hydrogen-bond acceptors (Lipinski definition) is 3. The van der Waals surface area contributed by atoms with Gasteiger partial charge in [-0.2, -0.15) is 0 Å². The number of piperidine rings is 1. The molecule has 0 aromatic heterocycles. The molecule has 0 amide bonds. The lowest BCUT2D eigenvalue weighted by Gasteiger charge is -2.39. The van der Waals surface area contributed by atoms with Crippen molar-refractivity contribution in [2.24, 2.45) is 16.6 Å². The number of aliphatic imine (C=N–C) groups is 1. The number of benzene rings is 2. The van der Waals surface area contributed by atoms with Crippen molar-refractivity contribution < 1.29 is 4.74 Å². The van der Waals surface area contributed by atoms with E-state index in [1.54, 1.807) is 7.11 Å². The molecule has 3 N–H and O–H groups in total. The Bertz CT molecular complexity index is 776. The first-order valence-electron chi connectivity index (χ1n) is 10.1. The summed E-state index contributed by atoms with van der Waals surface area (Å²) < 4.78 is 5.30. The molecule has 0 radical (unpaired) electrons. The minimum atomic E-state index is 0. The van der Waals surface area contributed by atoms with E-state index < -0.39 is 0 Å². The summed E-state index contributed by atoms with van der Waals surface area (Å²) in [6.07, 6.45) is 3.38. The molecule has 1 aliphatic heterocycles. The molecule has 2 aromatic carbocycles. The molecule has 1 aliphatic rings. The molecular formula is C23H33IN4O. The average Bonchev–Trinajstić information content (AvgIpc) is 2.73. The Morgan fingerprint density at radius 2 is 1.86 bits per heavy atom. The second-order valence-electron chi connectivity index (χ2n) is 7.50. The standard InChI is InChI=1S/C23H32N4O.HI/c1-4-17-7-11-20(12-8-17)26-23(24)25-16-19-6-5-15-27(2)22(19)18-9-13-21(28-3)14-10-18;/h7-14,19,22H,4-6,15-16H2,1-3H3,(H3,24,25,26);1H. The number of anilines is 1. The molecule has 158 valence electrons. The fourth-order valence-electron chi connectivity index (χ4n) is 4.01. The summed E-state index contributed by atoms with van der Waals surface area (Å²) in [7, 11) is 3.90. The summed E-state index contributed by atoms with van der Waals surface area (Å²) in [6.45, 7) is 3.97. The van der Waals surface area contributed by atoms with Crippen LogP contribution in [0.25, 0.3) is 0 Å². The normalized spacial score (nSPS) is 20.0. The Hall–Kier alpha value is -1.80. The van der Waals surface area contributed by atoms with Gasteiger partial charge in [-0.25, -0.2) is 0 Å². The predicted molar refractivity (Wildman–Crippen MR) is 132 cm³/mol. The third kappa shape index (κ3) is 6.34. The van der Waals surface area contributed by atoms with Gasteiger partial charge in [-0.1, -0.05) is 31.2 Å². The molecule has 29 heavy (non-hydrogen) atoms. The number of aryl methyl sites for hydroxylation is 1. The summed E-state index contributed by atoms with van der Waals surface area (Å²) in [5, 5.41) is 3.21. The zero-order chi connectivity index (χ0) is 19.9. The molecule has 2 aromatic rings. The van der Waals surface area contributed by atoms with E-state index in [0.29, 0.717) is 24.5 Å². The van der Waals surface area contributed by atoms with Crippen LogP contribution < -0.4 is 15.8 Å². The van der Waals surface area contributed by atoms with Gasteiger partial charge in [0.1, 0.15) is 5.75 Å². The third-order valence-electron chi connectivity index (χ3n) is 5.60. The Labute approximate surface area is 191 Å². The van der Waals surface area contributed by atoms with Crippen molar-refractivity contribution in [3.8, 4) is 5.75 Å². The van der Waals surface area contributed by atoms with Gasteiger partial charge in [0.25, 0.3) is 0 Å². The van der Waals surface area contributed by atoms with E-state index >= 15 is 0 Å². The third-order valence-corrected chi connectivity index (χ3v) is 5.60. The Morgan fingerprint density at radius 1 is 1.17 bits per heavy atom. The maximum absolute atomic E-state index is 6.16. The van der Waals surface area contributed by atoms with Crippen molar-refractivity contribution in [3.63, 3.8) is 0 Å². The molecule has 3 rings (SSSR count). The molecule has 5 nitrogen and oxygen atoms in total. The van der Waals surface area contributed by atoms with Crippen LogP contribution in [-0.2, 0) is 6.42 Å². The van der Waals surface area contributed by atoms with Gasteiger partial charge in [0.15, 0.2) is 5.96 Å². The number of nitrogens with one attached hydrogen (secondary N) is 1. The summed E-state index contributed by atoms with van der Waals surface area (Å²) in [5.74, 6) is 1.81. The molecular weight excluding hydrogens is 475 g/mol. The van der Waals surface area contributed by atoms with Gasteiger partial charge < -0.3 is 15.8 Å². The minimum Gasteiger partial charge on any atom is -0.497 e. The number of ether oxygens (including phenoxy) is 1. The van der Waals surface area contributed by atoms with E-state index in [9.17, 15) is 0 Å². The van der Waals surface area contributed by atoms with E-state index in [-0.39, 0.29) is 24.0 Å². The monoisotopic (exact) mass is 508 g/mol. The van der Waals surface area contributed by atoms with Gasteiger partial charge in [0.2, 0.25) is 0 Å². The number of methoxy groups -OCH3 is 1. The van der Waals surface area contributed by atoms with Gasteiger partial charge >= 0.3 is 0 Å². The van der Waals surface area contributed by atoms with Gasteiger partial charge in [-0.3, -0.25) is 9.89 Å². The molecule has 0 saturated carbocycles. The van der Waals surface area contributed by atoms with Crippen LogP contribution >= 0.6 is 24.0 Å². The van der Waals surface area contributed by atoms with Crippen LogP contribution in [0.15, 0.2) is 53.5 Å². The highest BCUT2D eigenvalue weighted by Crippen LogP contribution is 2.35. The van der Waals surface area contributed by atoms with E-state index in [0.717, 1.165) is 30.8 Å². The fraction of sp³-hybridized carbons (Fsp3) is 0.435. The van der Waals surface area contributed by atoms with Gasteiger partial charge in [0, 0.05) is 18.3 Å². The number of nitrogens with zero attached hydrogens (tertiary/aromatic N) is 2. The Morgan fingerprint density at radius 3 is 2.48 bits per heavy atom. The van der Waals surface area contributed by atoms with Crippen LogP contribution in [0.5, 0.6) is 5.75 Å². The van der Waals surface area contributed by atoms with Crippen LogP contribution in [0, 0.1) is 5.92 Å². The van der Waals surface area contributed by atoms with Crippen LogP contribution in [0.3, 0.4) is 0 Å². The maximum atomic E-state index is 6.16. The first kappa shape index (κ1) is 23.5. The lowest BCUT2D eigenvalue weighted by atomic mass is 9.85. The number of hydrogen-bond donors (Lipinski definition) is 2. The molecule has 1 saturated heterocycles. The van der Waals surface area contributed by atoms with E-state index in [2.05, 4.69) is 65.6 Å². The van der Waals surface area contributed by atoms with Gasteiger partial charge in [0.05, 0.1) is 7.11 Å². The van der Waals surface area contributed by atoms with Crippen molar-refractivity contribution in [3.05, 3.63) is 59.7 Å². The SMILES string of the molecule is CCc1ccc(NC(N)=NCC2CCCN(C)C2c2ccc(OC)cc2)cc1.I. The summed E-state index contributed by atoms with van der Waals surface area (Å²) >= 11 is 0. The molecule has 6 heteroatoms. The topological polar surface area (TPSA) is 62.9 Å². The van der Waals surface area contributed by atoms with Crippen LogP contribution in [0.4, 0.5) is 5.69 Å². The summed E-state index contributed by atoms with van der Waals surface area (Å²) in [6, 6.07) is 17.1. The van der Waals surface area contributed by atoms with Crippen molar-refractivity contribution >= 4 is 35.6 Å².